The van der Waals surface area contributed by atoms with Crippen LogP contribution in [0.1, 0.15) is 31.0 Å². The average Bonchev–Trinajstić information content (AvgIpc) is 2.87. The maximum atomic E-state index is 14.5. The van der Waals surface area contributed by atoms with Gasteiger partial charge in [0.25, 0.3) is 0 Å². The Morgan fingerprint density at radius 3 is 2.58 bits per heavy atom. The Morgan fingerprint density at radius 2 is 1.97 bits per heavy atom. The largest absolute Gasteiger partial charge is 0.334 e. The highest BCUT2D eigenvalue weighted by molar-refractivity contribution is 5.82. The lowest BCUT2D eigenvalue weighted by atomic mass is 10.0. The number of rotatable bonds is 10. The standard InChI is InChI=1S/C26H31F2N5O3/c1-4-13-31(5-2)33(26(36)29-15-20-9-7-6-8-10-20)24-16-32(25(35)17-30(24)18-34)19(3)22-12-11-21(27)14-23(22)28/h4,6-12,14,18-19,24H,1,5,13,15-17H2,2-3H3,(H,29,36)/t19-,24?/m1/s1. The van der Waals surface area contributed by atoms with Crippen LogP contribution < -0.4 is 5.32 Å². The third-order valence-electron chi connectivity index (χ3n) is 6.18. The summed E-state index contributed by atoms with van der Waals surface area (Å²) in [5.74, 6) is -1.90. The molecule has 1 heterocycles. The first-order valence-corrected chi connectivity index (χ1v) is 11.7. The highest BCUT2D eigenvalue weighted by atomic mass is 19.1. The number of hydrogen-bond acceptors (Lipinski definition) is 4. The summed E-state index contributed by atoms with van der Waals surface area (Å²) in [6.07, 6.45) is 1.30. The summed E-state index contributed by atoms with van der Waals surface area (Å²) in [6.45, 7) is 7.87. The molecular formula is C26H31F2N5O3. The number of likely N-dealkylation sites (N-methyl/N-ethyl adjacent to an activating group) is 1. The van der Waals surface area contributed by atoms with Crippen LogP contribution in [0.2, 0.25) is 0 Å². The molecule has 0 spiro atoms. The topological polar surface area (TPSA) is 76.2 Å². The molecule has 2 aromatic rings. The van der Waals surface area contributed by atoms with Crippen molar-refractivity contribution < 1.29 is 23.2 Å². The second-order valence-corrected chi connectivity index (χ2v) is 8.43. The predicted molar refractivity (Wildman–Crippen MR) is 131 cm³/mol. The first kappa shape index (κ1) is 26.8. The minimum atomic E-state index is -0.859. The van der Waals surface area contributed by atoms with E-state index in [0.29, 0.717) is 19.5 Å². The van der Waals surface area contributed by atoms with Gasteiger partial charge in [0.15, 0.2) is 0 Å². The highest BCUT2D eigenvalue weighted by Gasteiger charge is 2.41. The molecule has 0 bridgehead atoms. The van der Waals surface area contributed by atoms with E-state index in [1.54, 1.807) is 18.0 Å². The number of urea groups is 1. The van der Waals surface area contributed by atoms with Crippen molar-refractivity contribution in [1.82, 2.24) is 25.1 Å². The zero-order chi connectivity index (χ0) is 26.2. The van der Waals surface area contributed by atoms with Crippen LogP contribution in [0.25, 0.3) is 0 Å². The van der Waals surface area contributed by atoms with Gasteiger partial charge in [0, 0.05) is 31.3 Å². The minimum Gasteiger partial charge on any atom is -0.333 e. The normalized spacial score (nSPS) is 16.6. The molecule has 0 aliphatic carbocycles. The molecule has 2 atom stereocenters. The second kappa shape index (κ2) is 12.3. The van der Waals surface area contributed by atoms with Gasteiger partial charge in [-0.3, -0.25) is 9.59 Å². The van der Waals surface area contributed by atoms with Gasteiger partial charge in [-0.2, -0.15) is 0 Å². The summed E-state index contributed by atoms with van der Waals surface area (Å²) in [5.41, 5.74) is 1.03. The van der Waals surface area contributed by atoms with Gasteiger partial charge in [-0.25, -0.2) is 23.6 Å². The molecule has 0 saturated carbocycles. The molecule has 1 fully saturated rings. The van der Waals surface area contributed by atoms with E-state index < -0.39 is 35.8 Å². The van der Waals surface area contributed by atoms with Crippen molar-refractivity contribution in [3.05, 3.63) is 83.9 Å². The number of nitrogens with one attached hydrogen (secondary N) is 1. The Balaban J connectivity index is 1.91. The zero-order valence-electron chi connectivity index (χ0n) is 20.4. The third-order valence-corrected chi connectivity index (χ3v) is 6.18. The number of hydrogen-bond donors (Lipinski definition) is 1. The van der Waals surface area contributed by atoms with Crippen molar-refractivity contribution in [2.75, 3.05) is 26.2 Å². The van der Waals surface area contributed by atoms with Crippen LogP contribution in [0.15, 0.2) is 61.2 Å². The van der Waals surface area contributed by atoms with Crippen LogP contribution in [0.5, 0.6) is 0 Å². The van der Waals surface area contributed by atoms with Crippen LogP contribution in [-0.2, 0) is 16.1 Å². The number of benzene rings is 2. The number of piperazine rings is 1. The average molecular weight is 500 g/mol. The van der Waals surface area contributed by atoms with E-state index in [1.165, 1.54) is 20.9 Å². The molecule has 36 heavy (non-hydrogen) atoms. The summed E-state index contributed by atoms with van der Waals surface area (Å²) in [7, 11) is 0. The van der Waals surface area contributed by atoms with Crippen molar-refractivity contribution in [3.8, 4) is 0 Å². The predicted octanol–water partition coefficient (Wildman–Crippen LogP) is 3.29. The van der Waals surface area contributed by atoms with E-state index in [1.807, 2.05) is 37.3 Å². The van der Waals surface area contributed by atoms with E-state index in [4.69, 9.17) is 0 Å². The van der Waals surface area contributed by atoms with Crippen molar-refractivity contribution in [2.45, 2.75) is 32.6 Å². The molecule has 0 radical (unpaired) electrons. The lowest BCUT2D eigenvalue weighted by molar-refractivity contribution is -0.159. The second-order valence-electron chi connectivity index (χ2n) is 8.43. The molecule has 1 saturated heterocycles. The van der Waals surface area contributed by atoms with Crippen LogP contribution in [-0.4, -0.2) is 70.5 Å². The maximum Gasteiger partial charge on any atom is 0.334 e. The van der Waals surface area contributed by atoms with Crippen LogP contribution >= 0.6 is 0 Å². The summed E-state index contributed by atoms with van der Waals surface area (Å²) in [5, 5.41) is 6.00. The summed E-state index contributed by atoms with van der Waals surface area (Å²) >= 11 is 0. The fourth-order valence-corrected chi connectivity index (χ4v) is 4.27. The van der Waals surface area contributed by atoms with Crippen molar-refractivity contribution in [1.29, 1.82) is 0 Å². The Labute approximate surface area is 209 Å². The first-order chi connectivity index (χ1) is 17.3. The Kier molecular flexibility index (Phi) is 9.13. The summed E-state index contributed by atoms with van der Waals surface area (Å²) in [4.78, 5) is 41.1. The molecule has 1 aliphatic rings. The number of nitrogens with zero attached hydrogens (tertiary/aromatic N) is 4. The number of carbonyl (C=O) groups is 3. The lowest BCUT2D eigenvalue weighted by Gasteiger charge is -2.48. The molecule has 10 heteroatoms. The van der Waals surface area contributed by atoms with Gasteiger partial charge >= 0.3 is 6.03 Å². The van der Waals surface area contributed by atoms with E-state index in [9.17, 15) is 23.2 Å². The minimum absolute atomic E-state index is 0.0675. The first-order valence-electron chi connectivity index (χ1n) is 11.7. The van der Waals surface area contributed by atoms with Crippen LogP contribution in [0.3, 0.4) is 0 Å². The molecule has 3 rings (SSSR count). The number of amides is 4. The van der Waals surface area contributed by atoms with E-state index in [2.05, 4.69) is 11.9 Å². The van der Waals surface area contributed by atoms with E-state index in [0.717, 1.165) is 17.7 Å². The van der Waals surface area contributed by atoms with Gasteiger partial charge in [-0.1, -0.05) is 49.4 Å². The number of hydrazine groups is 1. The fraction of sp³-hybridized carbons (Fsp3) is 0.346. The molecule has 8 nitrogen and oxygen atoms in total. The smallest absolute Gasteiger partial charge is 0.333 e. The molecule has 1 unspecified atom stereocenters. The Morgan fingerprint density at radius 1 is 1.25 bits per heavy atom. The van der Waals surface area contributed by atoms with Gasteiger partial charge < -0.3 is 15.1 Å². The molecule has 1 N–H and O–H groups in total. The summed E-state index contributed by atoms with van der Waals surface area (Å²) in [6, 6.07) is 11.3. The molecule has 1 aliphatic heterocycles. The fourth-order valence-electron chi connectivity index (χ4n) is 4.27. The number of halogens is 2. The van der Waals surface area contributed by atoms with E-state index >= 15 is 0 Å². The summed E-state index contributed by atoms with van der Waals surface area (Å²) < 4.78 is 28.0. The van der Waals surface area contributed by atoms with E-state index in [-0.39, 0.29) is 25.2 Å². The van der Waals surface area contributed by atoms with Crippen molar-refractivity contribution in [2.24, 2.45) is 0 Å². The molecule has 2 aromatic carbocycles. The van der Waals surface area contributed by atoms with Gasteiger partial charge in [0.2, 0.25) is 12.3 Å². The zero-order valence-corrected chi connectivity index (χ0v) is 20.4. The maximum absolute atomic E-state index is 14.5. The quantitative estimate of drug-likeness (QED) is 0.309. The van der Waals surface area contributed by atoms with Crippen LogP contribution in [0, 0.1) is 11.6 Å². The Bertz CT molecular complexity index is 1080. The van der Waals surface area contributed by atoms with Crippen LogP contribution in [0.4, 0.5) is 13.6 Å². The van der Waals surface area contributed by atoms with Gasteiger partial charge in [-0.05, 0) is 18.6 Å². The molecule has 4 amide bonds. The van der Waals surface area contributed by atoms with Gasteiger partial charge in [-0.15, -0.1) is 6.58 Å². The Hall–Kier alpha value is -3.79. The number of carbonyl (C=O) groups excluding carboxylic acids is 3. The van der Waals surface area contributed by atoms with Crippen molar-refractivity contribution in [3.63, 3.8) is 0 Å². The van der Waals surface area contributed by atoms with Gasteiger partial charge in [0.05, 0.1) is 12.6 Å². The molecule has 0 aromatic heterocycles. The third kappa shape index (κ3) is 6.06. The highest BCUT2D eigenvalue weighted by Crippen LogP contribution is 2.28. The lowest BCUT2D eigenvalue weighted by Crippen LogP contribution is -2.68. The monoisotopic (exact) mass is 499 g/mol. The van der Waals surface area contributed by atoms with Gasteiger partial charge in [0.1, 0.15) is 24.3 Å². The molecule has 192 valence electrons. The SMILES string of the molecule is C=CCN(CC)N(C(=O)NCc1ccccc1)C1CN([C@H](C)c2ccc(F)cc2F)C(=O)CN1C=O. The van der Waals surface area contributed by atoms with Crippen molar-refractivity contribution >= 4 is 18.3 Å². The molecular weight excluding hydrogens is 468 g/mol.